The predicted molar refractivity (Wildman–Crippen MR) is 87.7 cm³/mol. The number of halogens is 2. The molecule has 0 fully saturated rings. The van der Waals surface area contributed by atoms with Crippen molar-refractivity contribution in [1.29, 1.82) is 0 Å². The highest BCUT2D eigenvalue weighted by Gasteiger charge is 2.15. The van der Waals surface area contributed by atoms with Crippen molar-refractivity contribution in [2.24, 2.45) is 0 Å². The van der Waals surface area contributed by atoms with Crippen LogP contribution in [0.2, 0.25) is 0 Å². The van der Waals surface area contributed by atoms with Crippen LogP contribution in [0.1, 0.15) is 11.6 Å². The van der Waals surface area contributed by atoms with Crippen LogP contribution in [0.25, 0.3) is 11.0 Å². The third kappa shape index (κ3) is 2.31. The van der Waals surface area contributed by atoms with Crippen molar-refractivity contribution < 1.29 is 0 Å². The molecule has 2 aromatic carbocycles. The van der Waals surface area contributed by atoms with E-state index in [0.29, 0.717) is 0 Å². The second-order valence-electron chi connectivity index (χ2n) is 4.38. The highest BCUT2D eigenvalue weighted by atomic mass is 79.9. The number of allylic oxidation sites excluding steroid dienone is 1. The van der Waals surface area contributed by atoms with Crippen LogP contribution in [0.15, 0.2) is 64.1 Å². The Morgan fingerprint density at radius 2 is 1.80 bits per heavy atom. The largest absolute Gasteiger partial charge is 0.233 e. The minimum atomic E-state index is -0.0331. The van der Waals surface area contributed by atoms with Crippen molar-refractivity contribution in [2.45, 2.75) is 6.04 Å². The molecule has 3 aromatic rings. The predicted octanol–water partition coefficient (Wildman–Crippen LogP) is 4.73. The number of fused-ring (bicyclic) bond motifs is 1. The van der Waals surface area contributed by atoms with Crippen LogP contribution in [-0.2, 0) is 0 Å². The molecule has 1 heterocycles. The standard InChI is InChI=1S/C15H11Br2N3/c1-2-14(10-6-4-3-5-7-10)20-15-9-12(17)11(16)8-13(15)18-19-20/h2-9,14H,1H2/t14-/m1/s1. The number of rotatable bonds is 3. The van der Waals surface area contributed by atoms with E-state index in [2.05, 4.69) is 60.9 Å². The molecule has 100 valence electrons. The van der Waals surface area contributed by atoms with Gasteiger partial charge in [0.2, 0.25) is 0 Å². The first-order valence-electron chi connectivity index (χ1n) is 6.08. The lowest BCUT2D eigenvalue weighted by Gasteiger charge is -2.14. The van der Waals surface area contributed by atoms with Crippen molar-refractivity contribution in [2.75, 3.05) is 0 Å². The first-order valence-corrected chi connectivity index (χ1v) is 7.67. The Hall–Kier alpha value is -1.46. The lowest BCUT2D eigenvalue weighted by atomic mass is 10.1. The van der Waals surface area contributed by atoms with Gasteiger partial charge in [-0.3, -0.25) is 0 Å². The van der Waals surface area contributed by atoms with Crippen molar-refractivity contribution in [3.63, 3.8) is 0 Å². The lowest BCUT2D eigenvalue weighted by molar-refractivity contribution is 0.604. The number of aromatic nitrogens is 3. The van der Waals surface area contributed by atoms with E-state index in [1.165, 1.54) is 0 Å². The fourth-order valence-corrected chi connectivity index (χ4v) is 2.83. The van der Waals surface area contributed by atoms with Gasteiger partial charge in [-0.15, -0.1) is 11.7 Å². The van der Waals surface area contributed by atoms with Gasteiger partial charge in [0, 0.05) is 8.95 Å². The quantitative estimate of drug-likeness (QED) is 0.603. The lowest BCUT2D eigenvalue weighted by Crippen LogP contribution is -2.09. The van der Waals surface area contributed by atoms with Crippen molar-refractivity contribution >= 4 is 42.9 Å². The van der Waals surface area contributed by atoms with Crippen LogP contribution in [0, 0.1) is 0 Å². The summed E-state index contributed by atoms with van der Waals surface area (Å²) < 4.78 is 3.82. The molecular weight excluding hydrogens is 382 g/mol. The van der Waals surface area contributed by atoms with Crippen LogP contribution in [0.5, 0.6) is 0 Å². The number of hydrogen-bond acceptors (Lipinski definition) is 2. The van der Waals surface area contributed by atoms with Crippen LogP contribution >= 0.6 is 31.9 Å². The zero-order chi connectivity index (χ0) is 14.1. The van der Waals surface area contributed by atoms with Gasteiger partial charge in [-0.2, -0.15) is 0 Å². The smallest absolute Gasteiger partial charge is 0.114 e. The average molecular weight is 393 g/mol. The summed E-state index contributed by atoms with van der Waals surface area (Å²) in [4.78, 5) is 0. The maximum absolute atomic E-state index is 4.28. The SMILES string of the molecule is C=C[C@H](c1ccccc1)n1nnc2cc(Br)c(Br)cc21. The summed E-state index contributed by atoms with van der Waals surface area (Å²) in [6, 6.07) is 14.1. The second kappa shape index (κ2) is 5.50. The molecule has 0 bridgehead atoms. The number of benzene rings is 2. The fourth-order valence-electron chi connectivity index (χ4n) is 2.17. The summed E-state index contributed by atoms with van der Waals surface area (Å²) in [5.41, 5.74) is 2.95. The van der Waals surface area contributed by atoms with E-state index in [0.717, 1.165) is 25.5 Å². The number of hydrogen-bond donors (Lipinski definition) is 0. The van der Waals surface area contributed by atoms with Crippen LogP contribution in [0.3, 0.4) is 0 Å². The minimum Gasteiger partial charge on any atom is -0.233 e. The van der Waals surface area contributed by atoms with Gasteiger partial charge in [-0.25, -0.2) is 4.68 Å². The molecule has 0 aliphatic rings. The summed E-state index contributed by atoms with van der Waals surface area (Å²) >= 11 is 7.00. The zero-order valence-electron chi connectivity index (χ0n) is 10.5. The molecule has 3 rings (SSSR count). The Bertz CT molecular complexity index is 765. The molecular formula is C15H11Br2N3. The Balaban J connectivity index is 2.18. The Labute approximate surface area is 133 Å². The average Bonchev–Trinajstić information content (AvgIpc) is 2.85. The molecule has 3 nitrogen and oxygen atoms in total. The van der Waals surface area contributed by atoms with E-state index < -0.39 is 0 Å². The van der Waals surface area contributed by atoms with Gasteiger partial charge in [0.05, 0.1) is 11.6 Å². The third-order valence-electron chi connectivity index (χ3n) is 3.14. The highest BCUT2D eigenvalue weighted by molar-refractivity contribution is 9.13. The molecule has 0 aliphatic heterocycles. The molecule has 1 atom stereocenters. The molecule has 5 heteroatoms. The molecule has 0 saturated heterocycles. The Morgan fingerprint density at radius 1 is 1.10 bits per heavy atom. The van der Waals surface area contributed by atoms with Crippen LogP contribution in [0.4, 0.5) is 0 Å². The summed E-state index contributed by atoms with van der Waals surface area (Å²) in [5, 5.41) is 8.51. The van der Waals surface area contributed by atoms with Crippen LogP contribution in [-0.4, -0.2) is 15.0 Å². The monoisotopic (exact) mass is 391 g/mol. The molecule has 0 spiro atoms. The van der Waals surface area contributed by atoms with Crippen molar-refractivity contribution in [1.82, 2.24) is 15.0 Å². The molecule has 1 aromatic heterocycles. The highest BCUT2D eigenvalue weighted by Crippen LogP contribution is 2.30. The topological polar surface area (TPSA) is 30.7 Å². The van der Waals surface area contributed by atoms with E-state index >= 15 is 0 Å². The van der Waals surface area contributed by atoms with Crippen molar-refractivity contribution in [3.8, 4) is 0 Å². The van der Waals surface area contributed by atoms with Crippen LogP contribution < -0.4 is 0 Å². The van der Waals surface area contributed by atoms with E-state index in [4.69, 9.17) is 0 Å². The summed E-state index contributed by atoms with van der Waals surface area (Å²) in [7, 11) is 0. The molecule has 0 radical (unpaired) electrons. The van der Waals surface area contributed by atoms with Gasteiger partial charge in [0.25, 0.3) is 0 Å². The van der Waals surface area contributed by atoms with Gasteiger partial charge in [0.15, 0.2) is 0 Å². The number of nitrogens with zero attached hydrogens (tertiary/aromatic N) is 3. The van der Waals surface area contributed by atoms with Gasteiger partial charge >= 0.3 is 0 Å². The van der Waals surface area contributed by atoms with Gasteiger partial charge in [0.1, 0.15) is 5.52 Å². The fraction of sp³-hybridized carbons (Fsp3) is 0.0667. The normalized spacial score (nSPS) is 12.5. The molecule has 0 unspecified atom stereocenters. The summed E-state index contributed by atoms with van der Waals surface area (Å²) in [6.07, 6.45) is 1.87. The van der Waals surface area contributed by atoms with E-state index in [1.54, 1.807) is 0 Å². The molecule has 0 N–H and O–H groups in total. The van der Waals surface area contributed by atoms with Gasteiger partial charge in [-0.1, -0.05) is 41.6 Å². The van der Waals surface area contributed by atoms with E-state index in [1.807, 2.05) is 41.1 Å². The van der Waals surface area contributed by atoms with Gasteiger partial charge in [-0.05, 0) is 49.6 Å². The maximum atomic E-state index is 4.28. The first kappa shape index (κ1) is 13.5. The minimum absolute atomic E-state index is 0.0331. The van der Waals surface area contributed by atoms with E-state index in [-0.39, 0.29) is 6.04 Å². The van der Waals surface area contributed by atoms with Gasteiger partial charge < -0.3 is 0 Å². The molecule has 20 heavy (non-hydrogen) atoms. The van der Waals surface area contributed by atoms with E-state index in [9.17, 15) is 0 Å². The first-order chi connectivity index (χ1) is 9.70. The summed E-state index contributed by atoms with van der Waals surface area (Å²) in [5.74, 6) is 0. The third-order valence-corrected chi connectivity index (χ3v) is 4.99. The molecule has 0 aliphatic carbocycles. The maximum Gasteiger partial charge on any atom is 0.114 e. The summed E-state index contributed by atoms with van der Waals surface area (Å²) in [6.45, 7) is 3.93. The zero-order valence-corrected chi connectivity index (χ0v) is 13.7. The Morgan fingerprint density at radius 3 is 2.50 bits per heavy atom. The Kier molecular flexibility index (Phi) is 3.72. The van der Waals surface area contributed by atoms with Crippen molar-refractivity contribution in [3.05, 3.63) is 69.6 Å². The molecule has 0 saturated carbocycles. The molecule has 0 amide bonds. The second-order valence-corrected chi connectivity index (χ2v) is 6.09.